The lowest BCUT2D eigenvalue weighted by Gasteiger charge is -2.31. The van der Waals surface area contributed by atoms with E-state index < -0.39 is 0 Å². The minimum atomic E-state index is -0.138. The van der Waals surface area contributed by atoms with Crippen LogP contribution in [0.15, 0.2) is 77.4 Å². The third-order valence-electron chi connectivity index (χ3n) is 4.89. The summed E-state index contributed by atoms with van der Waals surface area (Å²) in [6, 6.07) is 14.9. The van der Waals surface area contributed by atoms with Crippen LogP contribution in [0.4, 0.5) is 0 Å². The number of aliphatic imine (C=N–C) groups is 1. The summed E-state index contributed by atoms with van der Waals surface area (Å²) in [5.74, 6) is 1.65. The predicted octanol–water partition coefficient (Wildman–Crippen LogP) is 4.91. The first-order valence-electron chi connectivity index (χ1n) is 9.27. The molecular weight excluding hydrogens is 372 g/mol. The Kier molecular flexibility index (Phi) is 5.31. The van der Waals surface area contributed by atoms with Crippen molar-refractivity contribution in [2.75, 3.05) is 13.1 Å². The lowest BCUT2D eigenvalue weighted by molar-refractivity contribution is 0.0909. The van der Waals surface area contributed by atoms with Crippen LogP contribution in [0.5, 0.6) is 5.75 Å². The molecule has 0 spiro atoms. The van der Waals surface area contributed by atoms with E-state index in [9.17, 15) is 4.79 Å². The van der Waals surface area contributed by atoms with Crippen LogP contribution in [-0.4, -0.2) is 29.6 Å². The van der Waals surface area contributed by atoms with E-state index in [2.05, 4.69) is 4.99 Å². The Morgan fingerprint density at radius 3 is 2.68 bits per heavy atom. The predicted molar refractivity (Wildman–Crippen MR) is 112 cm³/mol. The number of amidine groups is 1. The fourth-order valence-electron chi connectivity index (χ4n) is 3.27. The largest absolute Gasteiger partial charge is 0.489 e. The first kappa shape index (κ1) is 18.5. The van der Waals surface area contributed by atoms with Crippen LogP contribution in [0.1, 0.15) is 22.8 Å². The quantitative estimate of drug-likeness (QED) is 0.679. The van der Waals surface area contributed by atoms with Gasteiger partial charge in [0.2, 0.25) is 0 Å². The molecule has 2 aromatic carbocycles. The van der Waals surface area contributed by atoms with Gasteiger partial charge in [0.25, 0.3) is 0 Å². The van der Waals surface area contributed by atoms with E-state index in [0.29, 0.717) is 30.3 Å². The summed E-state index contributed by atoms with van der Waals surface area (Å²) in [5, 5.41) is 0.706. The average Bonchev–Trinajstić information content (AvgIpc) is 2.73. The summed E-state index contributed by atoms with van der Waals surface area (Å²) in [7, 11) is 0. The normalized spacial score (nSPS) is 18.2. The van der Waals surface area contributed by atoms with Gasteiger partial charge in [0, 0.05) is 23.3 Å². The van der Waals surface area contributed by atoms with E-state index in [1.54, 1.807) is 0 Å². The van der Waals surface area contributed by atoms with E-state index >= 15 is 0 Å². The maximum atomic E-state index is 12.9. The van der Waals surface area contributed by atoms with Crippen molar-refractivity contribution < 1.29 is 9.53 Å². The standard InChI is InChI=1S/C23H21ClN2O2/c1-16-10-11-26-14-19(13-25-22(26)12-16)23(27)18-4-8-21(9-5-18)28-15-17-2-6-20(24)7-3-17/h2-12,19H,13-15H2,1H3. The molecular formula is C23H21ClN2O2. The van der Waals surface area contributed by atoms with Gasteiger partial charge in [0.1, 0.15) is 18.2 Å². The highest BCUT2D eigenvalue weighted by Crippen LogP contribution is 2.22. The zero-order valence-corrected chi connectivity index (χ0v) is 16.4. The van der Waals surface area contributed by atoms with E-state index in [1.165, 1.54) is 5.57 Å². The molecule has 4 rings (SSSR count). The first-order valence-corrected chi connectivity index (χ1v) is 9.65. The molecule has 0 radical (unpaired) electrons. The second kappa shape index (κ2) is 8.03. The molecule has 0 amide bonds. The molecule has 5 heteroatoms. The number of ketones is 1. The van der Waals surface area contributed by atoms with E-state index in [0.717, 1.165) is 17.1 Å². The van der Waals surface area contributed by atoms with E-state index in [4.69, 9.17) is 16.3 Å². The summed E-state index contributed by atoms with van der Waals surface area (Å²) in [4.78, 5) is 19.5. The number of Topliss-reactive ketones (excluding diaryl/α,β-unsaturated/α-hetero) is 1. The van der Waals surface area contributed by atoms with Crippen molar-refractivity contribution in [3.8, 4) is 5.75 Å². The Balaban J connectivity index is 1.38. The van der Waals surface area contributed by atoms with Gasteiger partial charge in [0.15, 0.2) is 5.78 Å². The molecule has 0 saturated carbocycles. The van der Waals surface area contributed by atoms with Crippen LogP contribution in [0.2, 0.25) is 5.02 Å². The summed E-state index contributed by atoms with van der Waals surface area (Å²) in [5.41, 5.74) is 2.91. The van der Waals surface area contributed by atoms with Crippen molar-refractivity contribution in [1.29, 1.82) is 0 Å². The molecule has 0 saturated heterocycles. The topological polar surface area (TPSA) is 41.9 Å². The fraction of sp³-hybridized carbons (Fsp3) is 0.217. The Bertz CT molecular complexity index is 959. The SMILES string of the molecule is CC1=CC2=NCC(C(=O)c3ccc(OCc4ccc(Cl)cc4)cc3)CN2C=C1. The van der Waals surface area contributed by atoms with Gasteiger partial charge >= 0.3 is 0 Å². The van der Waals surface area contributed by atoms with Crippen molar-refractivity contribution >= 4 is 23.2 Å². The van der Waals surface area contributed by atoms with Crippen molar-refractivity contribution in [2.45, 2.75) is 13.5 Å². The number of ether oxygens (including phenoxy) is 1. The number of allylic oxidation sites excluding steroid dienone is 2. The molecule has 0 bridgehead atoms. The second-order valence-electron chi connectivity index (χ2n) is 7.06. The van der Waals surface area contributed by atoms with Crippen LogP contribution in [0.3, 0.4) is 0 Å². The third kappa shape index (κ3) is 4.18. The highest BCUT2D eigenvalue weighted by atomic mass is 35.5. The lowest BCUT2D eigenvalue weighted by atomic mass is 9.95. The zero-order valence-electron chi connectivity index (χ0n) is 15.6. The summed E-state index contributed by atoms with van der Waals surface area (Å²) in [6.07, 6.45) is 6.09. The van der Waals surface area contributed by atoms with Gasteiger partial charge < -0.3 is 9.64 Å². The molecule has 2 aliphatic rings. The molecule has 0 N–H and O–H groups in total. The monoisotopic (exact) mass is 392 g/mol. The summed E-state index contributed by atoms with van der Waals surface area (Å²) < 4.78 is 5.79. The molecule has 2 aromatic rings. The van der Waals surface area contributed by atoms with Gasteiger partial charge in [-0.25, -0.2) is 0 Å². The second-order valence-corrected chi connectivity index (χ2v) is 7.49. The number of rotatable bonds is 5. The van der Waals surface area contributed by atoms with Gasteiger partial charge in [-0.3, -0.25) is 9.79 Å². The number of hydrogen-bond acceptors (Lipinski definition) is 4. The minimum absolute atomic E-state index is 0.117. The van der Waals surface area contributed by atoms with Crippen molar-refractivity contribution in [3.63, 3.8) is 0 Å². The third-order valence-corrected chi connectivity index (χ3v) is 5.14. The van der Waals surface area contributed by atoms with Crippen molar-refractivity contribution in [1.82, 2.24) is 4.90 Å². The molecule has 2 heterocycles. The number of hydrogen-bond donors (Lipinski definition) is 0. The molecule has 0 aliphatic carbocycles. The summed E-state index contributed by atoms with van der Waals surface area (Å²) >= 11 is 5.89. The highest BCUT2D eigenvalue weighted by molar-refractivity contribution is 6.30. The van der Waals surface area contributed by atoms with Crippen LogP contribution >= 0.6 is 11.6 Å². The van der Waals surface area contributed by atoms with Crippen LogP contribution in [0.25, 0.3) is 0 Å². The molecule has 28 heavy (non-hydrogen) atoms. The smallest absolute Gasteiger partial charge is 0.169 e. The number of halogens is 1. The lowest BCUT2D eigenvalue weighted by Crippen LogP contribution is -2.40. The van der Waals surface area contributed by atoms with Crippen molar-refractivity contribution in [3.05, 3.63) is 88.6 Å². The Morgan fingerprint density at radius 1 is 1.18 bits per heavy atom. The Hall–Kier alpha value is -2.85. The van der Waals surface area contributed by atoms with Gasteiger partial charge in [-0.1, -0.05) is 23.7 Å². The van der Waals surface area contributed by atoms with Crippen molar-refractivity contribution in [2.24, 2.45) is 10.9 Å². The molecule has 142 valence electrons. The van der Waals surface area contributed by atoms with E-state index in [1.807, 2.05) is 78.7 Å². The number of fused-ring (bicyclic) bond motifs is 1. The van der Waals surface area contributed by atoms with Crippen LogP contribution < -0.4 is 4.74 Å². The molecule has 0 aromatic heterocycles. The maximum Gasteiger partial charge on any atom is 0.169 e. The number of carbonyl (C=O) groups excluding carboxylic acids is 1. The van der Waals surface area contributed by atoms with Gasteiger partial charge in [0.05, 0.1) is 12.5 Å². The minimum Gasteiger partial charge on any atom is -0.489 e. The van der Waals surface area contributed by atoms with Gasteiger partial charge in [-0.05, 0) is 66.6 Å². The average molecular weight is 393 g/mol. The highest BCUT2D eigenvalue weighted by Gasteiger charge is 2.27. The number of nitrogens with zero attached hydrogens (tertiary/aromatic N) is 2. The maximum absolute atomic E-state index is 12.9. The molecule has 2 aliphatic heterocycles. The van der Waals surface area contributed by atoms with Crippen LogP contribution in [-0.2, 0) is 6.61 Å². The fourth-order valence-corrected chi connectivity index (χ4v) is 3.40. The Morgan fingerprint density at radius 2 is 1.93 bits per heavy atom. The number of carbonyl (C=O) groups is 1. The molecule has 1 unspecified atom stereocenters. The summed E-state index contributed by atoms with van der Waals surface area (Å²) in [6.45, 7) is 3.69. The Labute approximate surface area is 169 Å². The van der Waals surface area contributed by atoms with E-state index in [-0.39, 0.29) is 11.7 Å². The van der Waals surface area contributed by atoms with Crippen LogP contribution in [0, 0.1) is 5.92 Å². The molecule has 0 fully saturated rings. The number of benzene rings is 2. The molecule has 4 nitrogen and oxygen atoms in total. The molecule has 1 atom stereocenters. The van der Waals surface area contributed by atoms with Gasteiger partial charge in [-0.2, -0.15) is 0 Å². The van der Waals surface area contributed by atoms with Gasteiger partial charge in [-0.15, -0.1) is 0 Å². The first-order chi connectivity index (χ1) is 13.6. The zero-order chi connectivity index (χ0) is 19.5.